The van der Waals surface area contributed by atoms with Gasteiger partial charge >= 0.3 is 24.3 Å². The first-order chi connectivity index (χ1) is 16.7. The van der Waals surface area contributed by atoms with Crippen molar-refractivity contribution in [1.82, 2.24) is 24.6 Å². The topological polar surface area (TPSA) is 125 Å². The van der Waals surface area contributed by atoms with Gasteiger partial charge in [0.05, 0.1) is 19.1 Å². The van der Waals surface area contributed by atoms with Gasteiger partial charge in [0, 0.05) is 30.7 Å². The van der Waals surface area contributed by atoms with Crippen molar-refractivity contribution in [1.29, 1.82) is 0 Å². The minimum absolute atomic E-state index is 0.575. The molecular weight excluding hydrogens is 504 g/mol. The third-order valence-corrected chi connectivity index (χ3v) is 5.79. The maximum atomic E-state index is 10.6. The van der Waals surface area contributed by atoms with E-state index in [9.17, 15) is 26.3 Å². The van der Waals surface area contributed by atoms with Gasteiger partial charge in [-0.1, -0.05) is 0 Å². The second-order valence-electron chi connectivity index (χ2n) is 8.26. The van der Waals surface area contributed by atoms with Crippen LogP contribution in [0.3, 0.4) is 0 Å². The number of furan rings is 1. The van der Waals surface area contributed by atoms with E-state index in [1.54, 1.807) is 12.6 Å². The predicted octanol–water partition coefficient (Wildman–Crippen LogP) is 2.73. The zero-order valence-electron chi connectivity index (χ0n) is 19.0. The van der Waals surface area contributed by atoms with Crippen molar-refractivity contribution in [2.75, 3.05) is 20.1 Å². The van der Waals surface area contributed by atoms with Crippen molar-refractivity contribution in [3.63, 3.8) is 0 Å². The van der Waals surface area contributed by atoms with E-state index in [0.29, 0.717) is 12.1 Å². The highest BCUT2D eigenvalue weighted by atomic mass is 19.4. The molecule has 0 saturated carbocycles. The smallest absolute Gasteiger partial charge is 0.475 e. The molecule has 0 aromatic carbocycles. The molecule has 0 bridgehead atoms. The van der Waals surface area contributed by atoms with Gasteiger partial charge in [0.25, 0.3) is 0 Å². The molecule has 2 aromatic rings. The second kappa shape index (κ2) is 12.2. The SMILES string of the molecule is CN1[C@H](Cn2cncn2)C[C@@H]2CN(Cc3ccoc3)CC[C@@H]21.O=C(O)C(F)(F)F.O=C(O)C(F)(F)F. The van der Waals surface area contributed by atoms with Gasteiger partial charge in [0.1, 0.15) is 12.7 Å². The number of aliphatic carboxylic acids is 2. The van der Waals surface area contributed by atoms with E-state index in [4.69, 9.17) is 24.2 Å². The van der Waals surface area contributed by atoms with E-state index in [-0.39, 0.29) is 0 Å². The molecule has 0 spiro atoms. The van der Waals surface area contributed by atoms with Crippen LogP contribution in [0.4, 0.5) is 26.3 Å². The summed E-state index contributed by atoms with van der Waals surface area (Å²) in [5, 5.41) is 18.5. The number of fused-ring (bicyclic) bond motifs is 1. The van der Waals surface area contributed by atoms with E-state index < -0.39 is 24.3 Å². The number of hydrogen-bond acceptors (Lipinski definition) is 7. The first-order valence-corrected chi connectivity index (χ1v) is 10.6. The normalized spacial score (nSPS) is 22.6. The Morgan fingerprint density at radius 3 is 2.22 bits per heavy atom. The summed E-state index contributed by atoms with van der Waals surface area (Å²) in [6.07, 6.45) is -0.592. The largest absolute Gasteiger partial charge is 0.490 e. The maximum Gasteiger partial charge on any atom is 0.490 e. The van der Waals surface area contributed by atoms with E-state index in [2.05, 4.69) is 33.0 Å². The standard InChI is InChI=1S/C16H23N5O.2C2HF3O2/c1-19-15(9-21-12-17-11-18-21)6-14-8-20(4-2-16(14)19)7-13-3-5-22-10-13;2*3-2(4,5)1(6)7/h3,5,10-12,14-16H,2,4,6-9H2,1H3;2*(H,6,7)/t14-,15+,16+;;/m1../s1. The zero-order chi connectivity index (χ0) is 27.1. The molecule has 3 atom stereocenters. The van der Waals surface area contributed by atoms with Crippen LogP contribution in [0.1, 0.15) is 18.4 Å². The minimum atomic E-state index is -5.08. The number of piperidine rings is 1. The number of rotatable bonds is 4. The highest BCUT2D eigenvalue weighted by Gasteiger charge is 2.42. The molecule has 4 rings (SSSR count). The zero-order valence-corrected chi connectivity index (χ0v) is 19.0. The number of aromatic nitrogens is 3. The van der Waals surface area contributed by atoms with Gasteiger partial charge in [-0.05, 0) is 38.4 Å². The minimum Gasteiger partial charge on any atom is -0.475 e. The lowest BCUT2D eigenvalue weighted by Crippen LogP contribution is -2.45. The fourth-order valence-corrected chi connectivity index (χ4v) is 4.18. The molecule has 10 nitrogen and oxygen atoms in total. The lowest BCUT2D eigenvalue weighted by atomic mass is 9.92. The van der Waals surface area contributed by atoms with Crippen LogP contribution in [0.25, 0.3) is 0 Å². The summed E-state index contributed by atoms with van der Waals surface area (Å²) in [7, 11) is 2.28. The van der Waals surface area contributed by atoms with Crippen molar-refractivity contribution in [3.05, 3.63) is 36.8 Å². The summed E-state index contributed by atoms with van der Waals surface area (Å²) in [5.74, 6) is -4.75. The predicted molar refractivity (Wildman–Crippen MR) is 109 cm³/mol. The first kappa shape index (κ1) is 29.1. The van der Waals surface area contributed by atoms with Crippen molar-refractivity contribution >= 4 is 11.9 Å². The summed E-state index contributed by atoms with van der Waals surface area (Å²) < 4.78 is 70.6. The van der Waals surface area contributed by atoms with Crippen LogP contribution in [0.2, 0.25) is 0 Å². The number of halogens is 6. The van der Waals surface area contributed by atoms with E-state index in [1.165, 1.54) is 31.5 Å². The van der Waals surface area contributed by atoms with E-state index >= 15 is 0 Å². The van der Waals surface area contributed by atoms with Crippen molar-refractivity contribution in [2.45, 2.75) is 50.4 Å². The molecule has 2 aliphatic rings. The molecule has 16 heteroatoms. The Morgan fingerprint density at radius 1 is 1.14 bits per heavy atom. The number of likely N-dealkylation sites (N-methyl/N-ethyl adjacent to an activating group) is 1. The molecule has 2 fully saturated rings. The lowest BCUT2D eigenvalue weighted by molar-refractivity contribution is -0.193. The molecule has 2 saturated heterocycles. The first-order valence-electron chi connectivity index (χ1n) is 10.6. The van der Waals surface area contributed by atoms with Crippen LogP contribution >= 0.6 is 0 Å². The highest BCUT2D eigenvalue weighted by molar-refractivity contribution is 5.73. The molecule has 2 aromatic heterocycles. The van der Waals surface area contributed by atoms with Crippen molar-refractivity contribution in [3.8, 4) is 0 Å². The number of carbonyl (C=O) groups is 2. The molecule has 0 radical (unpaired) electrons. The molecular formula is C20H25F6N5O5. The summed E-state index contributed by atoms with van der Waals surface area (Å²) in [5.41, 5.74) is 1.28. The summed E-state index contributed by atoms with van der Waals surface area (Å²) in [6, 6.07) is 3.36. The molecule has 0 aliphatic carbocycles. The van der Waals surface area contributed by atoms with Gasteiger partial charge in [-0.25, -0.2) is 14.6 Å². The fourth-order valence-electron chi connectivity index (χ4n) is 4.18. The van der Waals surface area contributed by atoms with Gasteiger partial charge in [-0.15, -0.1) is 0 Å². The van der Waals surface area contributed by atoms with Crippen LogP contribution in [-0.2, 0) is 22.7 Å². The van der Waals surface area contributed by atoms with Gasteiger partial charge < -0.3 is 14.6 Å². The summed E-state index contributed by atoms with van der Waals surface area (Å²) in [4.78, 5) is 27.0. The fraction of sp³-hybridized carbons (Fsp3) is 0.600. The van der Waals surface area contributed by atoms with Crippen molar-refractivity contribution < 1.29 is 50.6 Å². The average Bonchev–Trinajstić information content (AvgIpc) is 3.51. The van der Waals surface area contributed by atoms with Crippen LogP contribution < -0.4 is 0 Å². The third kappa shape index (κ3) is 8.82. The highest BCUT2D eigenvalue weighted by Crippen LogP contribution is 2.35. The second-order valence-corrected chi connectivity index (χ2v) is 8.26. The maximum absolute atomic E-state index is 10.6. The van der Waals surface area contributed by atoms with Gasteiger partial charge in [0.15, 0.2) is 0 Å². The Kier molecular flexibility index (Phi) is 9.86. The van der Waals surface area contributed by atoms with Crippen LogP contribution in [0.15, 0.2) is 35.7 Å². The van der Waals surface area contributed by atoms with Gasteiger partial charge in [-0.3, -0.25) is 14.5 Å². The number of alkyl halides is 6. The average molecular weight is 529 g/mol. The quantitative estimate of drug-likeness (QED) is 0.576. The molecule has 2 aliphatic heterocycles. The Bertz CT molecular complexity index is 925. The molecule has 2 N–H and O–H groups in total. The third-order valence-electron chi connectivity index (χ3n) is 5.79. The van der Waals surface area contributed by atoms with Crippen molar-refractivity contribution in [2.24, 2.45) is 5.92 Å². The Labute approximate surface area is 201 Å². The molecule has 4 heterocycles. The van der Waals surface area contributed by atoms with E-state index in [1.807, 2.05) is 17.3 Å². The number of likely N-dealkylation sites (tertiary alicyclic amines) is 2. The number of nitrogens with zero attached hydrogens (tertiary/aromatic N) is 5. The van der Waals surface area contributed by atoms with Gasteiger partial charge in [0.2, 0.25) is 0 Å². The molecule has 202 valence electrons. The number of carboxylic acid groups (broad SMARTS) is 2. The van der Waals surface area contributed by atoms with Gasteiger partial charge in [-0.2, -0.15) is 31.4 Å². The Balaban J connectivity index is 0.000000271. The summed E-state index contributed by atoms with van der Waals surface area (Å²) >= 11 is 0. The Morgan fingerprint density at radius 2 is 1.75 bits per heavy atom. The monoisotopic (exact) mass is 529 g/mol. The number of carboxylic acids is 2. The molecule has 36 heavy (non-hydrogen) atoms. The number of hydrogen-bond donors (Lipinski definition) is 2. The van der Waals surface area contributed by atoms with Crippen LogP contribution in [0, 0.1) is 5.92 Å². The Hall–Kier alpha value is -3.14. The van der Waals surface area contributed by atoms with Crippen LogP contribution in [-0.4, -0.2) is 91.3 Å². The lowest BCUT2D eigenvalue weighted by Gasteiger charge is -2.37. The van der Waals surface area contributed by atoms with Crippen LogP contribution in [0.5, 0.6) is 0 Å². The van der Waals surface area contributed by atoms with E-state index in [0.717, 1.165) is 19.0 Å². The summed E-state index contributed by atoms with van der Waals surface area (Å²) in [6.45, 7) is 4.32. The molecule has 0 unspecified atom stereocenters. The molecule has 0 amide bonds.